The van der Waals surface area contributed by atoms with Gasteiger partial charge in [0.25, 0.3) is 0 Å². The number of rotatable bonds is 8. The molecule has 11 aromatic rings. The van der Waals surface area contributed by atoms with Crippen molar-refractivity contribution in [1.29, 1.82) is 0 Å². The number of benzene rings is 10. The Morgan fingerprint density at radius 1 is 0.250 bits per heavy atom. The molecule has 0 aliphatic carbocycles. The summed E-state index contributed by atoms with van der Waals surface area (Å²) in [5.41, 5.74) is 14.7. The van der Waals surface area contributed by atoms with E-state index in [1.165, 1.54) is 60.5 Å². The number of anilines is 3. The van der Waals surface area contributed by atoms with Gasteiger partial charge in [0.1, 0.15) is 11.3 Å². The summed E-state index contributed by atoms with van der Waals surface area (Å²) < 4.78 is 6.18. The van der Waals surface area contributed by atoms with Crippen molar-refractivity contribution in [1.82, 2.24) is 0 Å². The molecule has 0 amide bonds. The van der Waals surface area contributed by atoms with Crippen molar-refractivity contribution in [2.75, 3.05) is 4.90 Å². The van der Waals surface area contributed by atoms with Crippen molar-refractivity contribution in [2.24, 2.45) is 0 Å². The monoisotopic (exact) mass is 765 g/mol. The third kappa shape index (κ3) is 6.70. The van der Waals surface area contributed by atoms with Gasteiger partial charge in [0.05, 0.1) is 0 Å². The topological polar surface area (TPSA) is 16.4 Å². The molecule has 0 aliphatic rings. The molecule has 1 aromatic heterocycles. The molecule has 282 valence electrons. The Kier molecular flexibility index (Phi) is 8.87. The van der Waals surface area contributed by atoms with Gasteiger partial charge in [0.2, 0.25) is 0 Å². The number of furan rings is 1. The lowest BCUT2D eigenvalue weighted by molar-refractivity contribution is 0.631. The molecule has 10 aromatic carbocycles. The maximum Gasteiger partial charge on any atom is 0.135 e. The van der Waals surface area contributed by atoms with E-state index in [0.29, 0.717) is 0 Å². The van der Waals surface area contributed by atoms with Crippen molar-refractivity contribution in [3.8, 4) is 55.8 Å². The molecule has 2 nitrogen and oxygen atoms in total. The van der Waals surface area contributed by atoms with Crippen LogP contribution in [0.25, 0.3) is 88.3 Å². The Hall–Kier alpha value is -7.94. The summed E-state index contributed by atoms with van der Waals surface area (Å²) >= 11 is 0. The minimum Gasteiger partial charge on any atom is -0.456 e. The van der Waals surface area contributed by atoms with E-state index in [1.807, 2.05) is 18.2 Å². The first-order valence-corrected chi connectivity index (χ1v) is 20.5. The largest absolute Gasteiger partial charge is 0.456 e. The summed E-state index contributed by atoms with van der Waals surface area (Å²) in [6.07, 6.45) is 0. The molecular formula is C58H39NO. The van der Waals surface area contributed by atoms with E-state index in [9.17, 15) is 0 Å². The highest BCUT2D eigenvalue weighted by Gasteiger charge is 2.15. The third-order valence-electron chi connectivity index (χ3n) is 11.7. The molecule has 0 atom stereocenters. The van der Waals surface area contributed by atoms with Crippen LogP contribution in [0, 0.1) is 0 Å². The Morgan fingerprint density at radius 3 is 1.35 bits per heavy atom. The van der Waals surface area contributed by atoms with Gasteiger partial charge < -0.3 is 9.32 Å². The fraction of sp³-hybridized carbons (Fsp3) is 0. The smallest absolute Gasteiger partial charge is 0.135 e. The number of hydrogen-bond acceptors (Lipinski definition) is 2. The lowest BCUT2D eigenvalue weighted by Crippen LogP contribution is -2.09. The quantitative estimate of drug-likeness (QED) is 0.143. The zero-order valence-electron chi connectivity index (χ0n) is 32.9. The second-order valence-electron chi connectivity index (χ2n) is 15.4. The van der Waals surface area contributed by atoms with Crippen LogP contribution in [0.5, 0.6) is 0 Å². The molecule has 1 heterocycles. The summed E-state index contributed by atoms with van der Waals surface area (Å²) in [7, 11) is 0. The standard InChI is InChI=1S/C58H39NO/c1-2-10-40(11-3-1)46-14-8-15-47(36-46)44-28-32-53(33-29-44)59(54-34-35-56-49(38-54)25-24-45-12-4-6-18-55(45)56)52-30-26-42(27-31-52)41-20-22-43(23-21-41)48-16-9-17-50(37-48)58-39-51-13-5-7-19-57(51)60-58/h1-39H. The Labute approximate surface area is 349 Å². The predicted molar refractivity (Wildman–Crippen MR) is 253 cm³/mol. The highest BCUT2D eigenvalue weighted by molar-refractivity contribution is 6.08. The van der Waals surface area contributed by atoms with E-state index in [1.54, 1.807) is 0 Å². The van der Waals surface area contributed by atoms with Crippen LogP contribution in [0.4, 0.5) is 17.1 Å². The van der Waals surface area contributed by atoms with Gasteiger partial charge in [-0.1, -0.05) is 176 Å². The fourth-order valence-electron chi connectivity index (χ4n) is 8.53. The van der Waals surface area contributed by atoms with Crippen molar-refractivity contribution >= 4 is 49.6 Å². The van der Waals surface area contributed by atoms with Gasteiger partial charge in [-0.3, -0.25) is 0 Å². The van der Waals surface area contributed by atoms with Gasteiger partial charge in [0, 0.05) is 28.0 Å². The van der Waals surface area contributed by atoms with Crippen LogP contribution in [-0.2, 0) is 0 Å². The summed E-state index contributed by atoms with van der Waals surface area (Å²) in [6, 6.07) is 84.9. The average Bonchev–Trinajstić information content (AvgIpc) is 3.77. The maximum absolute atomic E-state index is 6.18. The van der Waals surface area contributed by atoms with E-state index in [0.717, 1.165) is 44.9 Å². The van der Waals surface area contributed by atoms with Crippen LogP contribution in [0.3, 0.4) is 0 Å². The normalized spacial score (nSPS) is 11.3. The summed E-state index contributed by atoms with van der Waals surface area (Å²) in [5.74, 6) is 0.880. The Balaban J connectivity index is 0.915. The summed E-state index contributed by atoms with van der Waals surface area (Å²) in [5, 5.41) is 6.10. The highest BCUT2D eigenvalue weighted by atomic mass is 16.3. The molecule has 2 heteroatoms. The average molecular weight is 766 g/mol. The van der Waals surface area contributed by atoms with Gasteiger partial charge in [-0.05, 0) is 127 Å². The van der Waals surface area contributed by atoms with Gasteiger partial charge in [0.15, 0.2) is 0 Å². The van der Waals surface area contributed by atoms with Crippen LogP contribution in [0.2, 0.25) is 0 Å². The molecule has 0 fully saturated rings. The van der Waals surface area contributed by atoms with E-state index in [2.05, 4.69) is 223 Å². The van der Waals surface area contributed by atoms with Crippen LogP contribution in [0.15, 0.2) is 241 Å². The van der Waals surface area contributed by atoms with E-state index in [-0.39, 0.29) is 0 Å². The molecular weight excluding hydrogens is 727 g/mol. The molecule has 0 saturated carbocycles. The van der Waals surface area contributed by atoms with Crippen LogP contribution < -0.4 is 4.90 Å². The second kappa shape index (κ2) is 15.1. The van der Waals surface area contributed by atoms with E-state index < -0.39 is 0 Å². The van der Waals surface area contributed by atoms with Crippen LogP contribution in [-0.4, -0.2) is 0 Å². The number of hydrogen-bond donors (Lipinski definition) is 0. The maximum atomic E-state index is 6.18. The van der Waals surface area contributed by atoms with Gasteiger partial charge in [-0.15, -0.1) is 0 Å². The number of fused-ring (bicyclic) bond motifs is 4. The molecule has 0 unspecified atom stereocenters. The van der Waals surface area contributed by atoms with Crippen molar-refractivity contribution in [3.63, 3.8) is 0 Å². The third-order valence-corrected chi connectivity index (χ3v) is 11.7. The van der Waals surface area contributed by atoms with Crippen molar-refractivity contribution in [2.45, 2.75) is 0 Å². The van der Waals surface area contributed by atoms with Gasteiger partial charge in [-0.2, -0.15) is 0 Å². The lowest BCUT2D eigenvalue weighted by Gasteiger charge is -2.26. The predicted octanol–water partition coefficient (Wildman–Crippen LogP) is 16.5. The van der Waals surface area contributed by atoms with Gasteiger partial charge in [-0.25, -0.2) is 0 Å². The number of nitrogens with zero attached hydrogens (tertiary/aromatic N) is 1. The molecule has 0 saturated heterocycles. The SMILES string of the molecule is c1ccc(-c2cccc(-c3ccc(N(c4ccc(-c5ccc(-c6cccc(-c7cc8ccccc8o7)c6)cc5)cc4)c4ccc5c(ccc6ccccc65)c4)cc3)c2)cc1. The minimum absolute atomic E-state index is 0.880. The molecule has 0 bridgehead atoms. The van der Waals surface area contributed by atoms with Gasteiger partial charge >= 0.3 is 0 Å². The summed E-state index contributed by atoms with van der Waals surface area (Å²) in [4.78, 5) is 2.36. The molecule has 0 aliphatic heterocycles. The number of para-hydroxylation sites is 1. The first kappa shape index (κ1) is 35.2. The molecule has 0 N–H and O–H groups in total. The van der Waals surface area contributed by atoms with Crippen LogP contribution in [0.1, 0.15) is 0 Å². The van der Waals surface area contributed by atoms with E-state index in [4.69, 9.17) is 4.42 Å². The minimum atomic E-state index is 0.880. The zero-order chi connectivity index (χ0) is 39.8. The summed E-state index contributed by atoms with van der Waals surface area (Å²) in [6.45, 7) is 0. The fourth-order valence-corrected chi connectivity index (χ4v) is 8.53. The Bertz CT molecular complexity index is 3260. The molecule has 11 rings (SSSR count). The molecule has 0 spiro atoms. The van der Waals surface area contributed by atoms with Crippen molar-refractivity contribution in [3.05, 3.63) is 237 Å². The van der Waals surface area contributed by atoms with E-state index >= 15 is 0 Å². The Morgan fingerprint density at radius 2 is 0.700 bits per heavy atom. The lowest BCUT2D eigenvalue weighted by atomic mass is 9.98. The molecule has 0 radical (unpaired) electrons. The highest BCUT2D eigenvalue weighted by Crippen LogP contribution is 2.40. The van der Waals surface area contributed by atoms with Crippen molar-refractivity contribution < 1.29 is 4.42 Å². The first-order chi connectivity index (χ1) is 29.7. The molecule has 60 heavy (non-hydrogen) atoms. The first-order valence-electron chi connectivity index (χ1n) is 20.5. The second-order valence-corrected chi connectivity index (χ2v) is 15.4. The zero-order valence-corrected chi connectivity index (χ0v) is 32.9. The van der Waals surface area contributed by atoms with Crippen LogP contribution >= 0.6 is 0 Å².